The lowest BCUT2D eigenvalue weighted by molar-refractivity contribution is -0.133. The second-order valence-electron chi connectivity index (χ2n) is 35.7. The normalized spacial score (nSPS) is 43.3. The van der Waals surface area contributed by atoms with Crippen LogP contribution in [0.5, 0.6) is 0 Å². The van der Waals surface area contributed by atoms with Crippen molar-refractivity contribution >= 4 is 61.6 Å². The van der Waals surface area contributed by atoms with E-state index in [1.165, 1.54) is 128 Å². The fraction of sp³-hybridized carbons (Fsp3) is 0.772. The molecule has 12 fully saturated rings. The monoisotopic (exact) mass is 1390 g/mol. The lowest BCUT2D eigenvalue weighted by Crippen LogP contribution is -2.51. The Labute approximate surface area is 583 Å². The number of aliphatic imine (C=N–C) groups is 1. The molecule has 13 aliphatic rings. The number of rotatable bonds is 8. The number of hydrogen-bond acceptors (Lipinski definition) is 15. The van der Waals surface area contributed by atoms with Crippen molar-refractivity contribution in [2.75, 3.05) is 5.33 Å². The molecule has 0 spiro atoms. The molecule has 97 heavy (non-hydrogen) atoms. The smallest absolute Gasteiger partial charge is 0.184 e. The topological polar surface area (TPSA) is 237 Å². The third kappa shape index (κ3) is 12.8. The third-order valence-corrected chi connectivity index (χ3v) is 31.0. The SMILES string of the molecule is C1=NCc2ncncc21.C[C@@]1(O)CC[C@H]2[C@H](CC[C@@H]3[C@@H]2CC[C@]2(C)[C@@H](C(=O)CBr)CC[C@@H]32)C1.C[C@@]1(O)CC[C@H]2[C@H](CC[C@@H]3[C@@H]2CC[C@]2(C)[C@@H](C(=O)Cn4cc5cncnc5n4)CC[C@@H]32)C1.C[C@@]1(O)CC[C@H]2[C@H](CC[C@@H]3[C@@H]2CC[C@]2(C)[C@@H](C(=O)Cn4ncc5cncnc54)CC[C@@H]32)C1. The van der Waals surface area contributed by atoms with Crippen LogP contribution in [0.25, 0.3) is 22.1 Å². The Hall–Kier alpha value is -4.78. The first kappa shape index (κ1) is 68.0. The van der Waals surface area contributed by atoms with E-state index in [2.05, 4.69) is 81.8 Å². The van der Waals surface area contributed by atoms with Crippen LogP contribution in [-0.4, -0.2) is 110 Å². The number of alkyl halides is 1. The minimum absolute atomic E-state index is 0.128. The van der Waals surface area contributed by atoms with E-state index < -0.39 is 16.8 Å². The maximum absolute atomic E-state index is 13.5. The van der Waals surface area contributed by atoms with Crippen LogP contribution < -0.4 is 0 Å². The highest BCUT2D eigenvalue weighted by Gasteiger charge is 2.62. The average molecular weight is 1390 g/mol. The first-order valence-corrected chi connectivity index (χ1v) is 39.5. The first-order chi connectivity index (χ1) is 46.5. The molecule has 5 aromatic rings. The number of carbonyl (C=O) groups excluding carboxylic acids is 3. The summed E-state index contributed by atoms with van der Waals surface area (Å²) in [6, 6.07) is 0. The summed E-state index contributed by atoms with van der Waals surface area (Å²) in [4.78, 5) is 68.1. The van der Waals surface area contributed by atoms with E-state index in [1.807, 2.05) is 27.0 Å². The van der Waals surface area contributed by atoms with E-state index in [0.29, 0.717) is 71.0 Å². The zero-order valence-electron chi connectivity index (χ0n) is 58.9. The van der Waals surface area contributed by atoms with Gasteiger partial charge in [-0.15, -0.1) is 0 Å². The number of Topliss-reactive ketones (excluding diaryl/α,β-unsaturated/α-hetero) is 3. The van der Waals surface area contributed by atoms with Crippen molar-refractivity contribution in [3.63, 3.8) is 0 Å². The molecule has 524 valence electrons. The molecular weight excluding hydrogens is 1280 g/mol. The molecule has 12 saturated carbocycles. The molecule has 0 unspecified atom stereocenters. The van der Waals surface area contributed by atoms with Crippen molar-refractivity contribution < 1.29 is 29.7 Å². The molecule has 1 aliphatic heterocycles. The van der Waals surface area contributed by atoms with E-state index in [9.17, 15) is 29.7 Å². The highest BCUT2D eigenvalue weighted by Crippen LogP contribution is 2.68. The fourth-order valence-corrected chi connectivity index (χ4v) is 26.5. The Bertz CT molecular complexity index is 3700. The largest absolute Gasteiger partial charge is 0.390 e. The summed E-state index contributed by atoms with van der Waals surface area (Å²) in [5.41, 5.74) is 2.70. The van der Waals surface area contributed by atoms with Gasteiger partial charge >= 0.3 is 0 Å². The van der Waals surface area contributed by atoms with E-state index in [4.69, 9.17) is 0 Å². The molecule has 18 rings (SSSR count). The number of aliphatic hydroxyl groups is 3. The van der Waals surface area contributed by atoms with Crippen LogP contribution in [-0.2, 0) is 34.0 Å². The zero-order chi connectivity index (χ0) is 67.4. The van der Waals surface area contributed by atoms with Crippen molar-refractivity contribution in [3.8, 4) is 0 Å². The molecule has 17 nitrogen and oxygen atoms in total. The van der Waals surface area contributed by atoms with Crippen molar-refractivity contribution in [2.45, 2.75) is 251 Å². The Morgan fingerprint density at radius 1 is 0.474 bits per heavy atom. The Morgan fingerprint density at radius 2 is 0.918 bits per heavy atom. The van der Waals surface area contributed by atoms with Crippen LogP contribution in [0.3, 0.4) is 0 Å². The minimum Gasteiger partial charge on any atom is -0.390 e. The lowest BCUT2D eigenvalue weighted by atomic mass is 9.49. The van der Waals surface area contributed by atoms with Crippen LogP contribution in [0.15, 0.2) is 55.0 Å². The van der Waals surface area contributed by atoms with Gasteiger partial charge in [-0.2, -0.15) is 10.2 Å². The molecular formula is C79H110BrN11O6. The number of ketones is 3. The second-order valence-corrected chi connectivity index (χ2v) is 36.3. The van der Waals surface area contributed by atoms with Gasteiger partial charge in [-0.25, -0.2) is 34.6 Å². The van der Waals surface area contributed by atoms with Gasteiger partial charge in [0.25, 0.3) is 0 Å². The predicted octanol–water partition coefficient (Wildman–Crippen LogP) is 14.2. The highest BCUT2D eigenvalue weighted by atomic mass is 79.9. The summed E-state index contributed by atoms with van der Waals surface area (Å²) in [6.07, 6.45) is 47.0. The molecule has 6 heterocycles. The van der Waals surface area contributed by atoms with Crippen LogP contribution in [0.4, 0.5) is 0 Å². The number of fused-ring (bicyclic) bond motifs is 18. The van der Waals surface area contributed by atoms with E-state index in [1.54, 1.807) is 46.7 Å². The van der Waals surface area contributed by atoms with Crippen LogP contribution in [0.1, 0.15) is 226 Å². The molecule has 3 N–H and O–H groups in total. The minimum atomic E-state index is -0.455. The summed E-state index contributed by atoms with van der Waals surface area (Å²) in [5, 5.41) is 42.9. The summed E-state index contributed by atoms with van der Waals surface area (Å²) in [6.45, 7) is 14.8. The number of halogens is 1. The average Bonchev–Trinajstić information content (AvgIpc) is 1.67. The molecule has 0 radical (unpaired) electrons. The van der Waals surface area contributed by atoms with Crippen LogP contribution in [0, 0.1) is 123 Å². The van der Waals surface area contributed by atoms with E-state index in [0.717, 1.165) is 157 Å². The predicted molar refractivity (Wildman–Crippen MR) is 376 cm³/mol. The number of hydrogen-bond donors (Lipinski definition) is 3. The molecule has 24 atom stereocenters. The summed E-state index contributed by atoms with van der Waals surface area (Å²) in [5.74, 6) is 13.3. The van der Waals surface area contributed by atoms with Gasteiger partial charge in [0, 0.05) is 54.3 Å². The third-order valence-electron chi connectivity index (χ3n) is 30.5. The summed E-state index contributed by atoms with van der Waals surface area (Å²) in [7, 11) is 0. The van der Waals surface area contributed by atoms with Crippen molar-refractivity contribution in [1.29, 1.82) is 0 Å². The lowest BCUT2D eigenvalue weighted by Gasteiger charge is -2.56. The van der Waals surface area contributed by atoms with Crippen LogP contribution >= 0.6 is 15.9 Å². The Morgan fingerprint density at radius 3 is 1.40 bits per heavy atom. The Balaban J connectivity index is 0.000000113. The highest BCUT2D eigenvalue weighted by molar-refractivity contribution is 9.09. The molecule has 5 aromatic heterocycles. The maximum atomic E-state index is 13.5. The number of aromatic nitrogens is 10. The summed E-state index contributed by atoms with van der Waals surface area (Å²) >= 11 is 3.42. The first-order valence-electron chi connectivity index (χ1n) is 38.4. The molecule has 18 heteroatoms. The van der Waals surface area contributed by atoms with Gasteiger partial charge in [-0.05, 0) is 299 Å². The quantitative estimate of drug-likeness (QED) is 0.123. The Kier molecular flexibility index (Phi) is 18.6. The molecule has 12 aliphatic carbocycles. The van der Waals surface area contributed by atoms with Crippen LogP contribution in [0.2, 0.25) is 0 Å². The molecule has 0 aromatic carbocycles. The van der Waals surface area contributed by atoms with Gasteiger partial charge in [0.15, 0.2) is 22.9 Å². The van der Waals surface area contributed by atoms with Gasteiger partial charge < -0.3 is 15.3 Å². The van der Waals surface area contributed by atoms with Crippen molar-refractivity contribution in [3.05, 3.63) is 61.2 Å². The van der Waals surface area contributed by atoms with Gasteiger partial charge in [0.2, 0.25) is 0 Å². The van der Waals surface area contributed by atoms with E-state index in [-0.39, 0.29) is 28.1 Å². The standard InChI is InChI=1S/2C26H36N4O2.C21H33BrO2.C6H5N3/c1-25(32)9-7-18-16(11-25)3-4-20-19(18)8-10-26(2)21(20)5-6-22(26)23(31)14-30-13-17-12-27-15-28-24(17)29-30;1-25(32)9-7-18-16(11-25)3-4-20-19(18)8-10-26(2)21(20)5-6-22(26)23(31)14-30-24-17(13-29-30)12-27-15-28-24;1-20(24)9-7-14-13(11-20)3-4-16-15(14)8-10-21(2)17(16)5-6-18(21)19(23)12-22;1-5-2-8-4-9-6(5)3-7-1/h2*12-13,15-16,18-22,32H,3-11,14H2,1-2H3;13-18,24H,3-12H2,1-2H3;1-2,4H,3H2/t2*16-,18+,19-,20-,21+,22-,25-,26+;13-,14+,15-,16-,17+,18-,20-,21+;/m111./s1. The molecule has 0 amide bonds. The maximum Gasteiger partial charge on any atom is 0.184 e. The summed E-state index contributed by atoms with van der Waals surface area (Å²) < 4.78 is 3.53. The molecule has 0 bridgehead atoms. The van der Waals surface area contributed by atoms with Crippen molar-refractivity contribution in [2.24, 2.45) is 128 Å². The number of carbonyl (C=O) groups is 3. The van der Waals surface area contributed by atoms with Gasteiger partial charge in [-0.1, -0.05) is 36.7 Å². The fourth-order valence-electron chi connectivity index (χ4n) is 26.1. The second kappa shape index (κ2) is 26.6. The van der Waals surface area contributed by atoms with Crippen molar-refractivity contribution in [1.82, 2.24) is 49.5 Å². The van der Waals surface area contributed by atoms with Gasteiger partial charge in [-0.3, -0.25) is 24.1 Å². The van der Waals surface area contributed by atoms with Gasteiger partial charge in [0.05, 0.1) is 57.9 Å². The zero-order valence-corrected chi connectivity index (χ0v) is 60.5. The number of nitrogens with zero attached hydrogens (tertiary/aromatic N) is 11. The van der Waals surface area contributed by atoms with Gasteiger partial charge in [0.1, 0.15) is 31.3 Å². The van der Waals surface area contributed by atoms with E-state index >= 15 is 0 Å². The molecule has 0 saturated heterocycles.